The van der Waals surface area contributed by atoms with Crippen LogP contribution in [0.2, 0.25) is 0 Å². The van der Waals surface area contributed by atoms with Crippen molar-refractivity contribution in [2.75, 3.05) is 13.1 Å². The number of hydrogen-bond donors (Lipinski definition) is 1. The van der Waals surface area contributed by atoms with Crippen LogP contribution in [0.1, 0.15) is 37.4 Å². The molecule has 0 fully saturated rings. The molecule has 2 aromatic rings. The van der Waals surface area contributed by atoms with E-state index in [1.807, 2.05) is 36.4 Å². The molecule has 1 aliphatic rings. The predicted octanol–water partition coefficient (Wildman–Crippen LogP) is 3.42. The van der Waals surface area contributed by atoms with Crippen molar-refractivity contribution in [1.82, 2.24) is 14.8 Å². The summed E-state index contributed by atoms with van der Waals surface area (Å²) in [6.45, 7) is 3.25. The summed E-state index contributed by atoms with van der Waals surface area (Å²) < 4.78 is 27.2. The molecule has 1 N–H and O–H groups in total. The Kier molecular flexibility index (Phi) is 7.19. The second kappa shape index (κ2) is 9.82. The maximum atomic E-state index is 12.9. The summed E-state index contributed by atoms with van der Waals surface area (Å²) in [6.07, 6.45) is 7.38. The molecule has 0 saturated heterocycles. The second-order valence-electron chi connectivity index (χ2n) is 6.80. The van der Waals surface area contributed by atoms with E-state index in [2.05, 4.69) is 17.4 Å². The molecule has 28 heavy (non-hydrogen) atoms. The van der Waals surface area contributed by atoms with Crippen molar-refractivity contribution < 1.29 is 13.3 Å². The highest BCUT2D eigenvalue weighted by Gasteiger charge is 2.26. The van der Waals surface area contributed by atoms with Gasteiger partial charge in [-0.15, -0.1) is 0 Å². The molecule has 0 atom stereocenters. The summed E-state index contributed by atoms with van der Waals surface area (Å²) in [5, 5.41) is 0. The summed E-state index contributed by atoms with van der Waals surface area (Å²) >= 11 is 0. The molecule has 6 nitrogen and oxygen atoms in total. The average Bonchev–Trinajstić information content (AvgIpc) is 2.74. The number of aryl methyl sites for hydroxylation is 1. The van der Waals surface area contributed by atoms with E-state index in [4.69, 9.17) is 4.84 Å². The lowest BCUT2D eigenvalue weighted by atomic mass is 10.1. The van der Waals surface area contributed by atoms with Gasteiger partial charge in [0.2, 0.25) is 10.0 Å². The SMILES string of the molecule is CCCCc1ccc(S(=O)(=O)N2CC=C(NOCc3ccccn3)CC2)cc1. The highest BCUT2D eigenvalue weighted by Crippen LogP contribution is 2.21. The van der Waals surface area contributed by atoms with E-state index in [1.54, 1.807) is 18.3 Å². The first-order valence-electron chi connectivity index (χ1n) is 9.65. The highest BCUT2D eigenvalue weighted by atomic mass is 32.2. The van der Waals surface area contributed by atoms with Gasteiger partial charge in [-0.1, -0.05) is 31.5 Å². The van der Waals surface area contributed by atoms with E-state index in [9.17, 15) is 8.42 Å². The van der Waals surface area contributed by atoms with Crippen LogP contribution in [0.3, 0.4) is 0 Å². The smallest absolute Gasteiger partial charge is 0.243 e. The quantitative estimate of drug-likeness (QED) is 0.652. The maximum Gasteiger partial charge on any atom is 0.243 e. The van der Waals surface area contributed by atoms with Crippen molar-refractivity contribution in [2.45, 2.75) is 44.1 Å². The Balaban J connectivity index is 1.53. The van der Waals surface area contributed by atoms with Crippen LogP contribution in [-0.4, -0.2) is 30.8 Å². The molecule has 0 unspecified atom stereocenters. The zero-order valence-corrected chi connectivity index (χ0v) is 17.0. The van der Waals surface area contributed by atoms with Gasteiger partial charge in [0.1, 0.15) is 6.61 Å². The Bertz CT molecular complexity index is 881. The summed E-state index contributed by atoms with van der Waals surface area (Å²) in [6, 6.07) is 12.9. The van der Waals surface area contributed by atoms with Gasteiger partial charge in [0.05, 0.1) is 10.6 Å². The number of nitrogens with zero attached hydrogens (tertiary/aromatic N) is 2. The first-order chi connectivity index (χ1) is 13.6. The zero-order valence-electron chi connectivity index (χ0n) is 16.2. The maximum absolute atomic E-state index is 12.9. The van der Waals surface area contributed by atoms with E-state index >= 15 is 0 Å². The molecule has 0 bridgehead atoms. The molecule has 1 aliphatic heterocycles. The molecule has 0 aliphatic carbocycles. The van der Waals surface area contributed by atoms with Gasteiger partial charge in [-0.05, 0) is 48.7 Å². The number of nitrogens with one attached hydrogen (secondary N) is 1. The zero-order chi connectivity index (χ0) is 19.8. The van der Waals surface area contributed by atoms with Gasteiger partial charge in [0, 0.05) is 31.4 Å². The Labute approximate surface area is 167 Å². The minimum atomic E-state index is -3.48. The van der Waals surface area contributed by atoms with E-state index in [0.29, 0.717) is 31.0 Å². The van der Waals surface area contributed by atoms with Crippen LogP contribution in [-0.2, 0) is 27.9 Å². The van der Waals surface area contributed by atoms with Gasteiger partial charge in [-0.3, -0.25) is 15.3 Å². The second-order valence-corrected chi connectivity index (χ2v) is 8.74. The summed E-state index contributed by atoms with van der Waals surface area (Å²) in [4.78, 5) is 10.0. The monoisotopic (exact) mass is 401 g/mol. The predicted molar refractivity (Wildman–Crippen MR) is 109 cm³/mol. The highest BCUT2D eigenvalue weighted by molar-refractivity contribution is 7.89. The topological polar surface area (TPSA) is 71.5 Å². The number of unbranched alkanes of at least 4 members (excludes halogenated alkanes) is 1. The molecule has 1 aromatic carbocycles. The molecule has 3 rings (SSSR count). The molecule has 2 heterocycles. The lowest BCUT2D eigenvalue weighted by Gasteiger charge is -2.26. The number of rotatable bonds is 9. The Morgan fingerprint density at radius 1 is 1.18 bits per heavy atom. The van der Waals surface area contributed by atoms with Crippen molar-refractivity contribution in [1.29, 1.82) is 0 Å². The fraction of sp³-hybridized carbons (Fsp3) is 0.381. The third kappa shape index (κ3) is 5.41. The number of hydroxylamine groups is 1. The van der Waals surface area contributed by atoms with Crippen LogP contribution in [0.5, 0.6) is 0 Å². The number of aromatic nitrogens is 1. The van der Waals surface area contributed by atoms with Crippen LogP contribution >= 0.6 is 0 Å². The fourth-order valence-electron chi connectivity index (χ4n) is 3.01. The lowest BCUT2D eigenvalue weighted by Crippen LogP contribution is -2.36. The molecular weight excluding hydrogens is 374 g/mol. The van der Waals surface area contributed by atoms with Crippen LogP contribution in [0.4, 0.5) is 0 Å². The van der Waals surface area contributed by atoms with Crippen LogP contribution in [0.15, 0.2) is 65.3 Å². The molecule has 0 amide bonds. The largest absolute Gasteiger partial charge is 0.271 e. The average molecular weight is 402 g/mol. The standard InChI is InChI=1S/C21H27N3O3S/c1-2-3-6-18-8-10-21(11-9-18)28(25,26)24-15-12-19(13-16-24)23-27-17-20-7-4-5-14-22-20/h4-5,7-12,14,23H,2-3,6,13,15-17H2,1H3. The number of pyridine rings is 1. The van der Waals surface area contributed by atoms with Crippen LogP contribution in [0.25, 0.3) is 0 Å². The number of hydrogen-bond acceptors (Lipinski definition) is 5. The molecule has 0 radical (unpaired) electrons. The molecule has 150 valence electrons. The minimum Gasteiger partial charge on any atom is -0.271 e. The van der Waals surface area contributed by atoms with Gasteiger partial charge in [0.25, 0.3) is 0 Å². The van der Waals surface area contributed by atoms with Gasteiger partial charge >= 0.3 is 0 Å². The van der Waals surface area contributed by atoms with E-state index in [-0.39, 0.29) is 0 Å². The normalized spacial score (nSPS) is 15.2. The Morgan fingerprint density at radius 2 is 2.00 bits per heavy atom. The van der Waals surface area contributed by atoms with Crippen molar-refractivity contribution in [3.63, 3.8) is 0 Å². The van der Waals surface area contributed by atoms with Crippen molar-refractivity contribution in [3.8, 4) is 0 Å². The summed E-state index contributed by atoms with van der Waals surface area (Å²) in [5.41, 5.74) is 5.80. The third-order valence-electron chi connectivity index (χ3n) is 4.70. The number of benzene rings is 1. The van der Waals surface area contributed by atoms with E-state index < -0.39 is 10.0 Å². The fourth-order valence-corrected chi connectivity index (χ4v) is 4.39. The minimum absolute atomic E-state index is 0.329. The molecular formula is C21H27N3O3S. The van der Waals surface area contributed by atoms with Gasteiger partial charge in [-0.25, -0.2) is 8.42 Å². The third-order valence-corrected chi connectivity index (χ3v) is 6.58. The lowest BCUT2D eigenvalue weighted by molar-refractivity contribution is 0.0433. The first-order valence-corrected chi connectivity index (χ1v) is 11.1. The molecule has 7 heteroatoms. The van der Waals surface area contributed by atoms with Crippen LogP contribution in [0, 0.1) is 0 Å². The molecule has 0 spiro atoms. The summed E-state index contributed by atoms with van der Waals surface area (Å²) in [7, 11) is -3.48. The van der Waals surface area contributed by atoms with Crippen molar-refractivity contribution >= 4 is 10.0 Å². The van der Waals surface area contributed by atoms with E-state index in [1.165, 1.54) is 9.87 Å². The Morgan fingerprint density at radius 3 is 2.64 bits per heavy atom. The first kappa shape index (κ1) is 20.5. The van der Waals surface area contributed by atoms with Crippen LogP contribution < -0.4 is 5.48 Å². The molecule has 0 saturated carbocycles. The van der Waals surface area contributed by atoms with Gasteiger partial charge in [0.15, 0.2) is 0 Å². The van der Waals surface area contributed by atoms with Gasteiger partial charge < -0.3 is 0 Å². The van der Waals surface area contributed by atoms with Gasteiger partial charge in [-0.2, -0.15) is 4.31 Å². The van der Waals surface area contributed by atoms with Crippen molar-refractivity contribution in [3.05, 3.63) is 71.7 Å². The van der Waals surface area contributed by atoms with E-state index in [0.717, 1.165) is 30.7 Å². The number of sulfonamides is 1. The van der Waals surface area contributed by atoms with Crippen molar-refractivity contribution in [2.24, 2.45) is 0 Å². The summed E-state index contributed by atoms with van der Waals surface area (Å²) in [5.74, 6) is 0. The Hall–Kier alpha value is -2.22. The molecule has 1 aromatic heterocycles.